The summed E-state index contributed by atoms with van der Waals surface area (Å²) in [7, 11) is 0. The first-order valence-corrected chi connectivity index (χ1v) is 7.99. The zero-order valence-corrected chi connectivity index (χ0v) is 14.2. The van der Waals surface area contributed by atoms with Gasteiger partial charge in [-0.2, -0.15) is 0 Å². The van der Waals surface area contributed by atoms with Gasteiger partial charge in [0.2, 0.25) is 5.82 Å². The minimum absolute atomic E-state index is 0.0571. The van der Waals surface area contributed by atoms with Gasteiger partial charge in [0, 0.05) is 6.54 Å². The molecule has 2 N–H and O–H groups in total. The molecule has 1 saturated carbocycles. The number of carboxylic acid groups (broad SMARTS) is 1. The number of rotatable bonds is 5. The summed E-state index contributed by atoms with van der Waals surface area (Å²) < 4.78 is 1.39. The SMILES string of the molecule is Cc1nc(C(=O)NCC2(C(=O)O)CC2)nn1-c1c(Cl)cccc1Cl. The molecule has 0 radical (unpaired) electrons. The van der Waals surface area contributed by atoms with Crippen LogP contribution < -0.4 is 5.32 Å². The maximum Gasteiger partial charge on any atom is 0.311 e. The van der Waals surface area contributed by atoms with Crippen molar-refractivity contribution in [1.29, 1.82) is 0 Å². The molecule has 0 aliphatic heterocycles. The van der Waals surface area contributed by atoms with E-state index in [4.69, 9.17) is 28.3 Å². The Balaban J connectivity index is 1.81. The number of nitrogens with zero attached hydrogens (tertiary/aromatic N) is 3. The Bertz CT molecular complexity index is 810. The van der Waals surface area contributed by atoms with Crippen molar-refractivity contribution in [2.24, 2.45) is 5.41 Å². The van der Waals surface area contributed by atoms with Crippen molar-refractivity contribution in [3.8, 4) is 5.69 Å². The monoisotopic (exact) mass is 368 g/mol. The van der Waals surface area contributed by atoms with Crippen LogP contribution in [0.5, 0.6) is 0 Å². The summed E-state index contributed by atoms with van der Waals surface area (Å²) in [5.74, 6) is -1.06. The van der Waals surface area contributed by atoms with Gasteiger partial charge >= 0.3 is 5.97 Å². The van der Waals surface area contributed by atoms with Crippen molar-refractivity contribution in [2.75, 3.05) is 6.54 Å². The van der Waals surface area contributed by atoms with Gasteiger partial charge in [0.15, 0.2) is 0 Å². The molecule has 0 spiro atoms. The number of hydrogen-bond donors (Lipinski definition) is 2. The Kier molecular flexibility index (Phi) is 4.23. The molecule has 1 aromatic carbocycles. The van der Waals surface area contributed by atoms with E-state index >= 15 is 0 Å². The standard InChI is InChI=1S/C15H14Cl2N4O3/c1-8-19-12(13(22)18-7-15(5-6-15)14(23)24)20-21(8)11-9(16)3-2-4-10(11)17/h2-4H,5-7H2,1H3,(H,18,22)(H,23,24). The van der Waals surface area contributed by atoms with Crippen molar-refractivity contribution in [1.82, 2.24) is 20.1 Å². The predicted octanol–water partition coefficient (Wildman–Crippen LogP) is 2.48. The summed E-state index contributed by atoms with van der Waals surface area (Å²) in [6.45, 7) is 1.73. The second-order valence-electron chi connectivity index (χ2n) is 5.73. The van der Waals surface area contributed by atoms with Crippen LogP contribution in [0.4, 0.5) is 0 Å². The number of halogens is 2. The minimum Gasteiger partial charge on any atom is -0.481 e. The normalized spacial score (nSPS) is 15.1. The molecule has 1 heterocycles. The fourth-order valence-corrected chi connectivity index (χ4v) is 2.89. The first-order chi connectivity index (χ1) is 11.3. The second-order valence-corrected chi connectivity index (χ2v) is 6.55. The van der Waals surface area contributed by atoms with Gasteiger partial charge in [-0.15, -0.1) is 5.10 Å². The molecular formula is C15H14Cl2N4O3. The third-order valence-electron chi connectivity index (χ3n) is 4.02. The third-order valence-corrected chi connectivity index (χ3v) is 4.63. The van der Waals surface area contributed by atoms with Crippen LogP contribution >= 0.6 is 23.2 Å². The van der Waals surface area contributed by atoms with E-state index < -0.39 is 17.3 Å². The number of aryl methyl sites for hydroxylation is 1. The average molecular weight is 369 g/mol. The number of carbonyl (C=O) groups excluding carboxylic acids is 1. The molecule has 1 aromatic heterocycles. The molecular weight excluding hydrogens is 355 g/mol. The zero-order valence-electron chi connectivity index (χ0n) is 12.7. The van der Waals surface area contributed by atoms with Gasteiger partial charge < -0.3 is 10.4 Å². The highest BCUT2D eigenvalue weighted by atomic mass is 35.5. The van der Waals surface area contributed by atoms with E-state index in [1.54, 1.807) is 25.1 Å². The highest BCUT2D eigenvalue weighted by Gasteiger charge is 2.50. The molecule has 2 aromatic rings. The molecule has 0 atom stereocenters. The molecule has 9 heteroatoms. The summed E-state index contributed by atoms with van der Waals surface area (Å²) in [6.07, 6.45) is 1.11. The highest BCUT2D eigenvalue weighted by Crippen LogP contribution is 2.45. The number of nitrogens with one attached hydrogen (secondary N) is 1. The predicted molar refractivity (Wildman–Crippen MR) is 87.8 cm³/mol. The van der Waals surface area contributed by atoms with Crippen LogP contribution in [0, 0.1) is 12.3 Å². The molecule has 0 unspecified atom stereocenters. The van der Waals surface area contributed by atoms with Crippen molar-refractivity contribution in [3.05, 3.63) is 39.9 Å². The molecule has 7 nitrogen and oxygen atoms in total. The fourth-order valence-electron chi connectivity index (χ4n) is 2.34. The lowest BCUT2D eigenvalue weighted by molar-refractivity contribution is -0.143. The average Bonchev–Trinajstić information content (AvgIpc) is 3.23. The number of para-hydroxylation sites is 1. The molecule has 126 valence electrons. The summed E-state index contributed by atoms with van der Waals surface area (Å²) in [5.41, 5.74) is -0.409. The Labute approximate surface area is 147 Å². The van der Waals surface area contributed by atoms with Crippen molar-refractivity contribution in [3.63, 3.8) is 0 Å². The Morgan fingerprint density at radius 2 is 1.96 bits per heavy atom. The lowest BCUT2D eigenvalue weighted by Crippen LogP contribution is -2.34. The molecule has 1 amide bonds. The number of amides is 1. The van der Waals surface area contributed by atoms with Gasteiger partial charge in [0.25, 0.3) is 5.91 Å². The van der Waals surface area contributed by atoms with Crippen LogP contribution in [0.1, 0.15) is 29.3 Å². The third kappa shape index (κ3) is 2.97. The van der Waals surface area contributed by atoms with Crippen LogP contribution in [-0.2, 0) is 4.79 Å². The number of aliphatic carboxylic acids is 1. The van der Waals surface area contributed by atoms with E-state index in [1.807, 2.05) is 0 Å². The summed E-state index contributed by atoms with van der Waals surface area (Å²) in [4.78, 5) is 27.4. The van der Waals surface area contributed by atoms with E-state index in [2.05, 4.69) is 15.4 Å². The van der Waals surface area contributed by atoms with Gasteiger partial charge in [0.1, 0.15) is 11.5 Å². The van der Waals surface area contributed by atoms with E-state index in [1.165, 1.54) is 4.68 Å². The molecule has 0 bridgehead atoms. The lowest BCUT2D eigenvalue weighted by Gasteiger charge is -2.09. The quantitative estimate of drug-likeness (QED) is 0.844. The maximum atomic E-state index is 12.2. The van der Waals surface area contributed by atoms with Crippen LogP contribution in [0.25, 0.3) is 5.69 Å². The number of carbonyl (C=O) groups is 2. The Hall–Kier alpha value is -2.12. The van der Waals surface area contributed by atoms with Crippen LogP contribution in [-0.4, -0.2) is 38.3 Å². The zero-order chi connectivity index (χ0) is 17.5. The molecule has 1 aliphatic rings. The summed E-state index contributed by atoms with van der Waals surface area (Å²) >= 11 is 12.3. The number of benzene rings is 1. The smallest absolute Gasteiger partial charge is 0.311 e. The molecule has 0 saturated heterocycles. The van der Waals surface area contributed by atoms with E-state index in [-0.39, 0.29) is 12.4 Å². The first kappa shape index (κ1) is 16.7. The van der Waals surface area contributed by atoms with Crippen LogP contribution in [0.3, 0.4) is 0 Å². The second kappa shape index (κ2) is 6.07. The number of carboxylic acids is 1. The topological polar surface area (TPSA) is 97.1 Å². The van der Waals surface area contributed by atoms with Gasteiger partial charge in [-0.25, -0.2) is 9.67 Å². The molecule has 1 aliphatic carbocycles. The fraction of sp³-hybridized carbons (Fsp3) is 0.333. The largest absolute Gasteiger partial charge is 0.481 e. The van der Waals surface area contributed by atoms with Gasteiger partial charge in [-0.05, 0) is 31.9 Å². The van der Waals surface area contributed by atoms with Crippen molar-refractivity contribution >= 4 is 35.1 Å². The Morgan fingerprint density at radius 3 is 2.50 bits per heavy atom. The summed E-state index contributed by atoms with van der Waals surface area (Å²) in [5, 5.41) is 16.6. The van der Waals surface area contributed by atoms with Gasteiger partial charge in [-0.3, -0.25) is 9.59 Å². The Morgan fingerprint density at radius 1 is 1.33 bits per heavy atom. The van der Waals surface area contributed by atoms with Crippen LogP contribution in [0.15, 0.2) is 18.2 Å². The summed E-state index contributed by atoms with van der Waals surface area (Å²) in [6, 6.07) is 5.02. The van der Waals surface area contributed by atoms with E-state index in [0.29, 0.717) is 34.4 Å². The highest BCUT2D eigenvalue weighted by molar-refractivity contribution is 6.37. The molecule has 3 rings (SSSR count). The van der Waals surface area contributed by atoms with E-state index in [9.17, 15) is 9.59 Å². The van der Waals surface area contributed by atoms with Gasteiger partial charge in [0.05, 0.1) is 15.5 Å². The first-order valence-electron chi connectivity index (χ1n) is 7.24. The number of hydrogen-bond acceptors (Lipinski definition) is 4. The van der Waals surface area contributed by atoms with Gasteiger partial charge in [-0.1, -0.05) is 29.3 Å². The molecule has 24 heavy (non-hydrogen) atoms. The molecule has 1 fully saturated rings. The van der Waals surface area contributed by atoms with E-state index in [0.717, 1.165) is 0 Å². The maximum absolute atomic E-state index is 12.2. The lowest BCUT2D eigenvalue weighted by atomic mass is 10.1. The van der Waals surface area contributed by atoms with Crippen LogP contribution in [0.2, 0.25) is 10.0 Å². The minimum atomic E-state index is -0.902. The number of aromatic nitrogens is 3. The van der Waals surface area contributed by atoms with Crippen molar-refractivity contribution < 1.29 is 14.7 Å². The van der Waals surface area contributed by atoms with Crippen molar-refractivity contribution in [2.45, 2.75) is 19.8 Å².